The van der Waals surface area contributed by atoms with Crippen LogP contribution < -0.4 is 0 Å². The van der Waals surface area contributed by atoms with Gasteiger partial charge in [-0.15, -0.1) is 0 Å². The molecule has 0 aromatic heterocycles. The lowest BCUT2D eigenvalue weighted by Crippen LogP contribution is -2.10. The van der Waals surface area contributed by atoms with Crippen LogP contribution in [0, 0.1) is 0 Å². The Bertz CT molecular complexity index is 362. The number of unbranched alkanes of at least 4 members (excludes halogenated alkanes) is 2. The summed E-state index contributed by atoms with van der Waals surface area (Å²) >= 11 is 0. The monoisotopic (exact) mass is 302 g/mol. The maximum atomic E-state index is 11.2. The second kappa shape index (κ2) is 11.9. The van der Waals surface area contributed by atoms with Gasteiger partial charge in [0.2, 0.25) is 6.79 Å². The molecule has 0 bridgehead atoms. The highest BCUT2D eigenvalue weighted by Crippen LogP contribution is 2.03. The number of ketones is 1. The van der Waals surface area contributed by atoms with Crippen molar-refractivity contribution in [2.75, 3.05) is 13.4 Å². The van der Waals surface area contributed by atoms with Gasteiger partial charge in [0, 0.05) is 19.8 Å². The summed E-state index contributed by atoms with van der Waals surface area (Å²) in [5, 5.41) is 0. The highest BCUT2D eigenvalue weighted by atomic mass is 16.7. The van der Waals surface area contributed by atoms with Crippen molar-refractivity contribution in [1.82, 2.24) is 0 Å². The van der Waals surface area contributed by atoms with Crippen LogP contribution in [0.3, 0.4) is 0 Å². The predicted octanol–water partition coefficient (Wildman–Crippen LogP) is 1.52. The van der Waals surface area contributed by atoms with Crippen LogP contribution in [0.2, 0.25) is 0 Å². The zero-order valence-corrected chi connectivity index (χ0v) is 12.5. The molecule has 7 heteroatoms. The minimum atomic E-state index is -0.505. The molecule has 0 aliphatic carbocycles. The zero-order valence-electron chi connectivity index (χ0n) is 12.5. The fraction of sp³-hybridized carbons (Fsp3) is 0.714. The van der Waals surface area contributed by atoms with Crippen molar-refractivity contribution in [3.8, 4) is 0 Å². The van der Waals surface area contributed by atoms with Gasteiger partial charge >= 0.3 is 17.9 Å². The second-order valence-corrected chi connectivity index (χ2v) is 4.50. The first-order valence-corrected chi connectivity index (χ1v) is 6.86. The number of ether oxygens (including phenoxy) is 3. The van der Waals surface area contributed by atoms with Crippen LogP contribution in [0.15, 0.2) is 0 Å². The molecule has 0 heterocycles. The topological polar surface area (TPSA) is 96.0 Å². The van der Waals surface area contributed by atoms with Crippen LogP contribution in [-0.2, 0) is 33.4 Å². The van der Waals surface area contributed by atoms with Gasteiger partial charge in [-0.2, -0.15) is 0 Å². The summed E-state index contributed by atoms with van der Waals surface area (Å²) in [5.41, 5.74) is 0. The van der Waals surface area contributed by atoms with Crippen molar-refractivity contribution < 1.29 is 33.4 Å². The van der Waals surface area contributed by atoms with Crippen LogP contribution >= 0.6 is 0 Å². The van der Waals surface area contributed by atoms with Crippen molar-refractivity contribution in [2.24, 2.45) is 0 Å². The molecule has 0 radical (unpaired) electrons. The number of carbonyl (C=O) groups excluding carboxylic acids is 4. The van der Waals surface area contributed by atoms with Gasteiger partial charge in [0.1, 0.15) is 5.78 Å². The number of hydrogen-bond donors (Lipinski definition) is 0. The Morgan fingerprint density at radius 1 is 0.714 bits per heavy atom. The van der Waals surface area contributed by atoms with Gasteiger partial charge in [0.15, 0.2) is 0 Å². The number of Topliss-reactive ketones (excluding diaryl/α,β-unsaturated/α-hetero) is 1. The van der Waals surface area contributed by atoms with E-state index in [0.717, 1.165) is 0 Å². The van der Waals surface area contributed by atoms with Crippen LogP contribution in [0.4, 0.5) is 0 Å². The molecule has 0 rings (SSSR count). The summed E-state index contributed by atoms with van der Waals surface area (Å²) in [6, 6.07) is 0. The van der Waals surface area contributed by atoms with E-state index in [2.05, 4.69) is 9.47 Å². The van der Waals surface area contributed by atoms with Crippen molar-refractivity contribution in [3.63, 3.8) is 0 Å². The first-order chi connectivity index (χ1) is 9.91. The number of esters is 3. The fourth-order valence-electron chi connectivity index (χ4n) is 1.33. The Labute approximate surface area is 123 Å². The van der Waals surface area contributed by atoms with E-state index in [4.69, 9.17) is 4.74 Å². The number of rotatable bonds is 11. The Hall–Kier alpha value is -1.92. The summed E-state index contributed by atoms with van der Waals surface area (Å²) in [6.07, 6.45) is 2.49. The Morgan fingerprint density at radius 3 is 2.00 bits per heavy atom. The van der Waals surface area contributed by atoms with E-state index in [9.17, 15) is 19.2 Å². The van der Waals surface area contributed by atoms with Crippen molar-refractivity contribution in [3.05, 3.63) is 0 Å². The molecule has 0 saturated heterocycles. The molecule has 0 saturated carbocycles. The summed E-state index contributed by atoms with van der Waals surface area (Å²) in [4.78, 5) is 43.4. The highest BCUT2D eigenvalue weighted by molar-refractivity contribution is 5.80. The molecule has 0 unspecified atom stereocenters. The molecule has 0 N–H and O–H groups in total. The average molecular weight is 302 g/mol. The molecule has 0 spiro atoms. The lowest BCUT2D eigenvalue weighted by atomic mass is 10.2. The quantitative estimate of drug-likeness (QED) is 0.324. The summed E-state index contributed by atoms with van der Waals surface area (Å²) in [7, 11) is 0. The number of hydrogen-bond acceptors (Lipinski definition) is 7. The van der Waals surface area contributed by atoms with E-state index in [1.54, 1.807) is 0 Å². The van der Waals surface area contributed by atoms with Gasteiger partial charge in [-0.3, -0.25) is 14.4 Å². The third kappa shape index (κ3) is 14.3. The van der Waals surface area contributed by atoms with Gasteiger partial charge in [-0.05, 0) is 26.2 Å². The van der Waals surface area contributed by atoms with E-state index >= 15 is 0 Å². The van der Waals surface area contributed by atoms with Crippen LogP contribution in [0.25, 0.3) is 0 Å². The SMILES string of the molecule is CC(=O)CCC(=O)OCCCCCC(=O)OCOC(C)=O. The Morgan fingerprint density at radius 2 is 1.38 bits per heavy atom. The van der Waals surface area contributed by atoms with E-state index in [1.165, 1.54) is 13.8 Å². The standard InChI is InChI=1S/C14H22O7/c1-11(15)7-8-14(18)19-9-5-3-4-6-13(17)21-10-20-12(2)16/h3-10H2,1-2H3. The van der Waals surface area contributed by atoms with Crippen molar-refractivity contribution in [2.45, 2.75) is 52.4 Å². The van der Waals surface area contributed by atoms with Gasteiger partial charge in [-0.1, -0.05) is 0 Å². The van der Waals surface area contributed by atoms with Gasteiger partial charge in [-0.25, -0.2) is 0 Å². The highest BCUT2D eigenvalue weighted by Gasteiger charge is 2.06. The Balaban J connectivity index is 3.39. The van der Waals surface area contributed by atoms with Gasteiger partial charge < -0.3 is 19.0 Å². The molecule has 0 aliphatic rings. The summed E-state index contributed by atoms with van der Waals surface area (Å²) < 4.78 is 14.0. The molecular weight excluding hydrogens is 280 g/mol. The molecular formula is C14H22O7. The van der Waals surface area contributed by atoms with Crippen LogP contribution in [0.5, 0.6) is 0 Å². The molecule has 0 amide bonds. The maximum absolute atomic E-state index is 11.2. The first-order valence-electron chi connectivity index (χ1n) is 6.86. The molecule has 0 aromatic rings. The first kappa shape index (κ1) is 19.1. The van der Waals surface area contributed by atoms with Gasteiger partial charge in [0.05, 0.1) is 13.0 Å². The molecule has 0 atom stereocenters. The third-order valence-corrected chi connectivity index (χ3v) is 2.45. The van der Waals surface area contributed by atoms with Crippen LogP contribution in [0.1, 0.15) is 52.4 Å². The van der Waals surface area contributed by atoms with E-state index in [0.29, 0.717) is 19.3 Å². The summed E-state index contributed by atoms with van der Waals surface area (Å²) in [5.74, 6) is -1.37. The van der Waals surface area contributed by atoms with Gasteiger partial charge in [0.25, 0.3) is 0 Å². The Kier molecular flexibility index (Phi) is 10.8. The summed E-state index contributed by atoms with van der Waals surface area (Å²) in [6.45, 7) is 2.57. The molecule has 0 aliphatic heterocycles. The van der Waals surface area contributed by atoms with Crippen LogP contribution in [-0.4, -0.2) is 37.1 Å². The van der Waals surface area contributed by atoms with E-state index in [1.807, 2.05) is 0 Å². The lowest BCUT2D eigenvalue weighted by Gasteiger charge is -2.05. The lowest BCUT2D eigenvalue weighted by molar-refractivity contribution is -0.165. The molecule has 0 aromatic carbocycles. The predicted molar refractivity (Wildman–Crippen MR) is 72.1 cm³/mol. The molecule has 7 nitrogen and oxygen atoms in total. The molecule has 21 heavy (non-hydrogen) atoms. The number of carbonyl (C=O) groups is 4. The van der Waals surface area contributed by atoms with E-state index < -0.39 is 11.9 Å². The maximum Gasteiger partial charge on any atom is 0.308 e. The fourth-order valence-corrected chi connectivity index (χ4v) is 1.33. The molecule has 0 fully saturated rings. The zero-order chi connectivity index (χ0) is 16.1. The average Bonchev–Trinajstić information content (AvgIpc) is 2.39. The normalized spacial score (nSPS) is 9.81. The van der Waals surface area contributed by atoms with Crippen molar-refractivity contribution in [1.29, 1.82) is 0 Å². The minimum absolute atomic E-state index is 0.0424. The minimum Gasteiger partial charge on any atom is -0.466 e. The largest absolute Gasteiger partial charge is 0.466 e. The smallest absolute Gasteiger partial charge is 0.308 e. The molecule has 120 valence electrons. The third-order valence-electron chi connectivity index (χ3n) is 2.45. The second-order valence-electron chi connectivity index (χ2n) is 4.50. The van der Waals surface area contributed by atoms with E-state index in [-0.39, 0.29) is 44.4 Å². The van der Waals surface area contributed by atoms with Crippen molar-refractivity contribution >= 4 is 23.7 Å².